The predicted octanol–water partition coefficient (Wildman–Crippen LogP) is 2.60. The molecule has 126 valence electrons. The van der Waals surface area contributed by atoms with Crippen molar-refractivity contribution in [1.82, 2.24) is 5.32 Å². The Morgan fingerprint density at radius 3 is 2.75 bits per heavy atom. The zero-order valence-electron chi connectivity index (χ0n) is 13.4. The maximum Gasteiger partial charge on any atom is 0.339 e. The molecule has 24 heavy (non-hydrogen) atoms. The van der Waals surface area contributed by atoms with E-state index in [9.17, 15) is 8.42 Å². The van der Waals surface area contributed by atoms with Crippen molar-refractivity contribution in [3.8, 4) is 11.5 Å². The fraction of sp³-hybridized carbons (Fsp3) is 0.333. The second-order valence-electron chi connectivity index (χ2n) is 6.31. The summed E-state index contributed by atoms with van der Waals surface area (Å²) in [6.45, 7) is 3.67. The van der Waals surface area contributed by atoms with Crippen molar-refractivity contribution in [3.05, 3.63) is 53.6 Å². The van der Waals surface area contributed by atoms with Gasteiger partial charge >= 0.3 is 10.1 Å². The van der Waals surface area contributed by atoms with E-state index >= 15 is 0 Å². The van der Waals surface area contributed by atoms with Gasteiger partial charge in [-0.05, 0) is 50.2 Å². The van der Waals surface area contributed by atoms with Gasteiger partial charge in [0.25, 0.3) is 0 Å². The van der Waals surface area contributed by atoms with Crippen molar-refractivity contribution < 1.29 is 17.3 Å². The Balaban J connectivity index is 1.61. The Bertz CT molecular complexity index is 861. The molecule has 6 heteroatoms. The van der Waals surface area contributed by atoms with E-state index in [0.29, 0.717) is 11.7 Å². The van der Waals surface area contributed by atoms with E-state index < -0.39 is 10.1 Å². The Kier molecular flexibility index (Phi) is 3.73. The van der Waals surface area contributed by atoms with E-state index in [1.54, 1.807) is 42.5 Å². The topological polar surface area (TPSA) is 64.6 Å². The molecule has 2 unspecified atom stereocenters. The number of aryl methyl sites for hydroxylation is 1. The van der Waals surface area contributed by atoms with Gasteiger partial charge in [0.2, 0.25) is 0 Å². The Morgan fingerprint density at radius 2 is 1.96 bits per heavy atom. The maximum atomic E-state index is 12.4. The van der Waals surface area contributed by atoms with Crippen LogP contribution in [-0.4, -0.2) is 27.6 Å². The summed E-state index contributed by atoms with van der Waals surface area (Å²) in [5.41, 5.74) is 2.04. The molecule has 0 bridgehead atoms. The number of nitrogens with one attached hydrogen (secondary N) is 1. The fourth-order valence-electron chi connectivity index (χ4n) is 3.33. The van der Waals surface area contributed by atoms with Gasteiger partial charge in [-0.1, -0.05) is 17.7 Å². The van der Waals surface area contributed by atoms with Crippen LogP contribution in [0.2, 0.25) is 0 Å². The van der Waals surface area contributed by atoms with Crippen LogP contribution in [0.25, 0.3) is 0 Å². The van der Waals surface area contributed by atoms with Gasteiger partial charge in [-0.25, -0.2) is 0 Å². The minimum absolute atomic E-state index is 0.123. The van der Waals surface area contributed by atoms with Crippen molar-refractivity contribution >= 4 is 10.1 Å². The van der Waals surface area contributed by atoms with Crippen LogP contribution in [0.15, 0.2) is 47.4 Å². The molecule has 0 saturated carbocycles. The van der Waals surface area contributed by atoms with Crippen molar-refractivity contribution in [3.63, 3.8) is 0 Å². The molecule has 2 atom stereocenters. The fourth-order valence-corrected chi connectivity index (χ4v) is 4.25. The molecule has 0 aliphatic carbocycles. The average molecular weight is 345 g/mol. The molecule has 0 aromatic heterocycles. The zero-order chi connectivity index (χ0) is 16.7. The van der Waals surface area contributed by atoms with Crippen molar-refractivity contribution in [2.75, 3.05) is 13.1 Å². The van der Waals surface area contributed by atoms with Gasteiger partial charge < -0.3 is 14.2 Å². The van der Waals surface area contributed by atoms with Gasteiger partial charge in [0.05, 0.1) is 0 Å². The van der Waals surface area contributed by atoms with E-state index in [-0.39, 0.29) is 11.0 Å². The molecule has 2 aromatic carbocycles. The number of fused-ring (bicyclic) bond motifs is 3. The highest BCUT2D eigenvalue weighted by atomic mass is 32.2. The highest BCUT2D eigenvalue weighted by Gasteiger charge is 2.36. The Labute approximate surface area is 141 Å². The molecule has 2 aromatic rings. The number of hydrogen-bond donors (Lipinski definition) is 1. The third-order valence-electron chi connectivity index (χ3n) is 4.60. The average Bonchev–Trinajstić information content (AvgIpc) is 2.93. The van der Waals surface area contributed by atoms with Crippen molar-refractivity contribution in [2.24, 2.45) is 0 Å². The lowest BCUT2D eigenvalue weighted by atomic mass is 9.90. The summed E-state index contributed by atoms with van der Waals surface area (Å²) >= 11 is 0. The number of piperidine rings is 1. The van der Waals surface area contributed by atoms with Crippen LogP contribution in [0, 0.1) is 6.92 Å². The number of rotatable bonds is 3. The zero-order valence-corrected chi connectivity index (χ0v) is 14.2. The highest BCUT2D eigenvalue weighted by Crippen LogP contribution is 2.43. The first kappa shape index (κ1) is 15.5. The largest absolute Gasteiger partial charge is 0.488 e. The van der Waals surface area contributed by atoms with Gasteiger partial charge in [-0.3, -0.25) is 0 Å². The monoisotopic (exact) mass is 345 g/mol. The van der Waals surface area contributed by atoms with Crippen LogP contribution in [-0.2, 0) is 10.1 Å². The molecule has 1 N–H and O–H groups in total. The third-order valence-corrected chi connectivity index (χ3v) is 5.86. The lowest BCUT2D eigenvalue weighted by molar-refractivity contribution is 0.177. The second-order valence-corrected chi connectivity index (χ2v) is 7.85. The summed E-state index contributed by atoms with van der Waals surface area (Å²) in [5.74, 6) is 1.46. The first-order valence-corrected chi connectivity index (χ1v) is 9.46. The molecule has 1 saturated heterocycles. The molecule has 0 spiro atoms. The van der Waals surface area contributed by atoms with Gasteiger partial charge in [0.1, 0.15) is 22.5 Å². The normalized spacial score (nSPS) is 22.4. The number of ether oxygens (including phenoxy) is 1. The SMILES string of the molecule is Cc1ccc(S(=O)(=O)Oc2ccc3c(c2)C2CCNCC2O3)cc1. The van der Waals surface area contributed by atoms with Gasteiger partial charge in [-0.15, -0.1) is 0 Å². The summed E-state index contributed by atoms with van der Waals surface area (Å²) in [6, 6.07) is 11.9. The lowest BCUT2D eigenvalue weighted by Crippen LogP contribution is -2.39. The quantitative estimate of drug-likeness (QED) is 0.866. The van der Waals surface area contributed by atoms with Gasteiger partial charge in [0, 0.05) is 18.0 Å². The Morgan fingerprint density at radius 1 is 1.17 bits per heavy atom. The minimum Gasteiger partial charge on any atom is -0.488 e. The third kappa shape index (κ3) is 2.76. The van der Waals surface area contributed by atoms with E-state index in [0.717, 1.165) is 36.4 Å². The van der Waals surface area contributed by atoms with Crippen LogP contribution >= 0.6 is 0 Å². The van der Waals surface area contributed by atoms with Crippen LogP contribution in [0.1, 0.15) is 23.5 Å². The molecule has 2 heterocycles. The highest BCUT2D eigenvalue weighted by molar-refractivity contribution is 7.87. The second kappa shape index (κ2) is 5.79. The molecule has 2 aliphatic heterocycles. The molecular formula is C18H19NO4S. The molecule has 5 nitrogen and oxygen atoms in total. The maximum absolute atomic E-state index is 12.4. The van der Waals surface area contributed by atoms with Crippen LogP contribution < -0.4 is 14.2 Å². The van der Waals surface area contributed by atoms with Crippen molar-refractivity contribution in [1.29, 1.82) is 0 Å². The molecule has 4 rings (SSSR count). The molecule has 0 amide bonds. The van der Waals surface area contributed by atoms with Crippen LogP contribution in [0.4, 0.5) is 0 Å². The molecule has 0 radical (unpaired) electrons. The summed E-state index contributed by atoms with van der Waals surface area (Å²) in [4.78, 5) is 0.157. The van der Waals surface area contributed by atoms with Crippen molar-refractivity contribution in [2.45, 2.75) is 30.3 Å². The van der Waals surface area contributed by atoms with Crippen LogP contribution in [0.3, 0.4) is 0 Å². The molecule has 1 fully saturated rings. The van der Waals surface area contributed by atoms with E-state index in [1.807, 2.05) is 6.92 Å². The summed E-state index contributed by atoms with van der Waals surface area (Å²) in [5, 5.41) is 3.32. The van der Waals surface area contributed by atoms with Gasteiger partial charge in [-0.2, -0.15) is 8.42 Å². The molecule has 2 aliphatic rings. The van der Waals surface area contributed by atoms with E-state index in [2.05, 4.69) is 5.32 Å². The van der Waals surface area contributed by atoms with E-state index in [4.69, 9.17) is 8.92 Å². The minimum atomic E-state index is -3.83. The van der Waals surface area contributed by atoms with Gasteiger partial charge in [0.15, 0.2) is 0 Å². The number of benzene rings is 2. The molecular weight excluding hydrogens is 326 g/mol. The first-order chi connectivity index (χ1) is 11.5. The van der Waals surface area contributed by atoms with E-state index in [1.165, 1.54) is 0 Å². The summed E-state index contributed by atoms with van der Waals surface area (Å²) < 4.78 is 36.1. The standard InChI is InChI=1S/C18H19NO4S/c1-12-2-5-14(6-3-12)24(20,21)23-13-4-7-17-16(10-13)15-8-9-19-11-18(15)22-17/h2-7,10,15,18-19H,8-9,11H2,1H3. The predicted molar refractivity (Wildman–Crippen MR) is 90.1 cm³/mol. The summed E-state index contributed by atoms with van der Waals surface area (Å²) in [7, 11) is -3.83. The first-order valence-electron chi connectivity index (χ1n) is 8.05. The Hall–Kier alpha value is -2.05. The lowest BCUT2D eigenvalue weighted by Gasteiger charge is -2.24. The van der Waals surface area contributed by atoms with Crippen LogP contribution in [0.5, 0.6) is 11.5 Å². The summed E-state index contributed by atoms with van der Waals surface area (Å²) in [6.07, 6.45) is 1.10. The number of hydrogen-bond acceptors (Lipinski definition) is 5. The smallest absolute Gasteiger partial charge is 0.339 e.